The molecule has 0 aliphatic carbocycles. The molecule has 0 unspecified atom stereocenters. The molecule has 0 saturated carbocycles. The van der Waals surface area contributed by atoms with Crippen molar-refractivity contribution >= 4 is 32.7 Å². The van der Waals surface area contributed by atoms with Gasteiger partial charge in [-0.1, -0.05) is 188 Å². The van der Waals surface area contributed by atoms with Crippen LogP contribution in [0.25, 0.3) is 0 Å². The van der Waals surface area contributed by atoms with E-state index in [0.29, 0.717) is 19.3 Å². The van der Waals surface area contributed by atoms with Gasteiger partial charge in [-0.15, -0.1) is 0 Å². The first-order valence-corrected chi connectivity index (χ1v) is 23.6. The van der Waals surface area contributed by atoms with E-state index in [-0.39, 0.29) is 78.9 Å². The Labute approximate surface area is 382 Å². The summed E-state index contributed by atoms with van der Waals surface area (Å²) in [6, 6.07) is 0. The Morgan fingerprint density at radius 1 is 0.436 bits per heavy atom. The number of hydrogen-bond donors (Lipinski definition) is 1. The maximum absolute atomic E-state index is 11.3. The van der Waals surface area contributed by atoms with E-state index in [4.69, 9.17) is 0 Å². The molecule has 0 aromatic carbocycles. The van der Waals surface area contributed by atoms with Crippen LogP contribution < -0.4 is 64.4 Å². The van der Waals surface area contributed by atoms with Crippen LogP contribution >= 0.6 is 0 Å². The van der Waals surface area contributed by atoms with Crippen LogP contribution in [0.5, 0.6) is 0 Å². The first-order valence-electron chi connectivity index (χ1n) is 20.9. The normalized spacial score (nSPS) is 10.9. The average Bonchev–Trinajstić information content (AvgIpc) is 3.08. The molecule has 12 nitrogen and oxygen atoms in total. The van der Waals surface area contributed by atoms with Gasteiger partial charge in [-0.3, -0.25) is 18.0 Å². The number of likely N-dealkylation sites (N-methyl/N-ethyl adjacent to an activating group) is 1. The summed E-state index contributed by atoms with van der Waals surface area (Å²) in [6.45, 7) is 6.79. The first kappa shape index (κ1) is 65.0. The van der Waals surface area contributed by atoms with Crippen LogP contribution in [0.15, 0.2) is 0 Å². The van der Waals surface area contributed by atoms with E-state index in [9.17, 15) is 35.5 Å². The van der Waals surface area contributed by atoms with Crippen LogP contribution in [-0.2, 0) is 43.5 Å². The summed E-state index contributed by atoms with van der Waals surface area (Å²) >= 11 is 0. The van der Waals surface area contributed by atoms with Crippen molar-refractivity contribution < 1.29 is 108 Å². The van der Waals surface area contributed by atoms with Gasteiger partial charge in [-0.05, 0) is 26.3 Å². The Morgan fingerprint density at radius 3 is 0.945 bits per heavy atom. The van der Waals surface area contributed by atoms with E-state index in [0.717, 1.165) is 38.5 Å². The van der Waals surface area contributed by atoms with Crippen LogP contribution in [0.1, 0.15) is 213 Å². The molecule has 0 heterocycles. The molecule has 1 N–H and O–H groups in total. The zero-order valence-corrected chi connectivity index (χ0v) is 41.8. The van der Waals surface area contributed by atoms with Gasteiger partial charge < -0.3 is 19.2 Å². The molecule has 320 valence electrons. The third-order valence-corrected chi connectivity index (χ3v) is 9.40. The Balaban J connectivity index is -0.000000224. The fraction of sp³-hybridized carbons (Fsp3) is 0.949. The minimum atomic E-state index is -4.48. The van der Waals surface area contributed by atoms with Gasteiger partial charge in [-0.2, -0.15) is 0 Å². The summed E-state index contributed by atoms with van der Waals surface area (Å²) in [6.07, 6.45) is 34.6. The zero-order chi connectivity index (χ0) is 40.3. The van der Waals surface area contributed by atoms with Crippen molar-refractivity contribution in [3.63, 3.8) is 0 Å². The van der Waals surface area contributed by atoms with Crippen molar-refractivity contribution in [3.8, 4) is 0 Å². The van der Waals surface area contributed by atoms with Gasteiger partial charge in [0.25, 0.3) is 0 Å². The number of esters is 2. The number of hydrogen-bond acceptors (Lipinski definition) is 12. The van der Waals surface area contributed by atoms with Crippen LogP contribution in [-0.4, -0.2) is 64.7 Å². The van der Waals surface area contributed by atoms with Crippen LogP contribution in [0.3, 0.4) is 0 Å². The Morgan fingerprint density at radius 2 is 0.691 bits per heavy atom. The van der Waals surface area contributed by atoms with Gasteiger partial charge in [0, 0.05) is 6.42 Å². The van der Waals surface area contributed by atoms with E-state index in [1.54, 1.807) is 7.05 Å². The summed E-state index contributed by atoms with van der Waals surface area (Å²) in [5, 5.41) is 2.65. The topological polar surface area (TPSA) is 188 Å². The second kappa shape index (κ2) is 51.0. The molecule has 16 heteroatoms. The number of carbonyl (C=O) groups excluding carboxylic acids is 2. The standard InChI is InChI=1S/C15H29NO3.2C12H26O4S.2Na/c1-3-4-5-6-7-8-9-10-11-12-14(17)19-15(18)13-16-2;2*1-2-3-4-5-6-7-8-9-10-11-12-16-17(13,14)15;;/h16H,3-13H2,1-2H3;2*2-12H2,1H3,(H,13,14,15);;/q;;;2*+1/p-2. The van der Waals surface area contributed by atoms with Crippen LogP contribution in [0.2, 0.25) is 0 Å². The summed E-state index contributed by atoms with van der Waals surface area (Å²) < 4.78 is 73.5. The maximum atomic E-state index is 11.3. The number of nitrogens with one attached hydrogen (secondary N) is 1. The predicted molar refractivity (Wildman–Crippen MR) is 212 cm³/mol. The first-order chi connectivity index (χ1) is 25.3. The number of carbonyl (C=O) groups is 2. The molecule has 0 bridgehead atoms. The van der Waals surface area contributed by atoms with Crippen molar-refractivity contribution in [2.75, 3.05) is 26.8 Å². The monoisotopic (exact) mass is 847 g/mol. The van der Waals surface area contributed by atoms with Crippen molar-refractivity contribution in [2.45, 2.75) is 213 Å². The molecule has 0 amide bonds. The quantitative estimate of drug-likeness (QED) is 0.0239. The van der Waals surface area contributed by atoms with Crippen molar-refractivity contribution in [1.29, 1.82) is 0 Å². The molecule has 0 spiro atoms. The maximum Gasteiger partial charge on any atom is 1.00 e. The minimum absolute atomic E-state index is 0. The van der Waals surface area contributed by atoms with E-state index >= 15 is 0 Å². The average molecular weight is 848 g/mol. The largest absolute Gasteiger partial charge is 1.00 e. The van der Waals surface area contributed by atoms with E-state index in [2.05, 4.69) is 39.2 Å². The summed E-state index contributed by atoms with van der Waals surface area (Å²) in [5.41, 5.74) is 0. The molecule has 0 fully saturated rings. The minimum Gasteiger partial charge on any atom is -0.726 e. The molecule has 0 aromatic rings. The molecule has 0 aliphatic heterocycles. The Kier molecular flexibility index (Phi) is 60.2. The van der Waals surface area contributed by atoms with Crippen molar-refractivity contribution in [3.05, 3.63) is 0 Å². The second-order valence-corrected chi connectivity index (χ2v) is 15.9. The molecule has 0 aliphatic rings. The molecular weight excluding hydrogens is 769 g/mol. The van der Waals surface area contributed by atoms with Gasteiger partial charge in [0.05, 0.1) is 19.8 Å². The van der Waals surface area contributed by atoms with Gasteiger partial charge in [0.15, 0.2) is 0 Å². The van der Waals surface area contributed by atoms with Crippen LogP contribution in [0.4, 0.5) is 0 Å². The van der Waals surface area contributed by atoms with E-state index < -0.39 is 32.7 Å². The summed E-state index contributed by atoms with van der Waals surface area (Å²) in [7, 11) is -7.32. The third-order valence-electron chi connectivity index (χ3n) is 8.48. The molecule has 0 rings (SSSR count). The van der Waals surface area contributed by atoms with Gasteiger partial charge in [0.2, 0.25) is 20.8 Å². The van der Waals surface area contributed by atoms with Gasteiger partial charge in [-0.25, -0.2) is 16.8 Å². The fourth-order valence-corrected chi connectivity index (χ4v) is 6.08. The molecule has 0 atom stereocenters. The number of rotatable bonds is 36. The smallest absolute Gasteiger partial charge is 0.726 e. The molecule has 55 heavy (non-hydrogen) atoms. The SMILES string of the molecule is CCCCCCCCCCCC(=O)OC(=O)CNC.CCCCCCCCCCCCOS(=O)(=O)[O-].CCCCCCCCCCCCOS(=O)(=O)[O-].[Na+].[Na+]. The zero-order valence-electron chi connectivity index (χ0n) is 36.1. The van der Waals surface area contributed by atoms with Crippen molar-refractivity contribution in [1.82, 2.24) is 5.32 Å². The van der Waals surface area contributed by atoms with Crippen LogP contribution in [0, 0.1) is 0 Å². The predicted octanol–water partition coefficient (Wildman–Crippen LogP) is 3.97. The molecular formula is C39H79NNa2O11S2. The van der Waals surface area contributed by atoms with Gasteiger partial charge >= 0.3 is 71.1 Å². The van der Waals surface area contributed by atoms with Gasteiger partial charge in [0.1, 0.15) is 0 Å². The summed E-state index contributed by atoms with van der Waals surface area (Å²) in [5.74, 6) is -0.897. The van der Waals surface area contributed by atoms with E-state index in [1.807, 2.05) is 0 Å². The fourth-order valence-electron chi connectivity index (χ4n) is 5.44. The third kappa shape index (κ3) is 69.8. The van der Waals surface area contributed by atoms with Crippen molar-refractivity contribution in [2.24, 2.45) is 0 Å². The Hall–Kier alpha value is 0.840. The Bertz CT molecular complexity index is 952. The molecule has 0 saturated heterocycles. The summed E-state index contributed by atoms with van der Waals surface area (Å²) in [4.78, 5) is 22.3. The van der Waals surface area contributed by atoms with E-state index in [1.165, 1.54) is 135 Å². The number of unbranched alkanes of at least 4 members (excludes halogenated alkanes) is 26. The second-order valence-electron chi connectivity index (χ2n) is 13.8. The molecule has 0 radical (unpaired) electrons. The number of ether oxygens (including phenoxy) is 1. The molecule has 0 aromatic heterocycles.